The lowest BCUT2D eigenvalue weighted by Gasteiger charge is -2.23. The molecule has 0 saturated heterocycles. The molecule has 41 heavy (non-hydrogen) atoms. The molecule has 2 heterocycles. The highest BCUT2D eigenvalue weighted by molar-refractivity contribution is 6.25. The summed E-state index contributed by atoms with van der Waals surface area (Å²) >= 11 is 0. The van der Waals surface area contributed by atoms with Gasteiger partial charge in [0.15, 0.2) is 5.69 Å². The Kier molecular flexibility index (Phi) is 7.91. The van der Waals surface area contributed by atoms with Crippen LogP contribution in [0.4, 0.5) is 5.95 Å². The van der Waals surface area contributed by atoms with Crippen LogP contribution in [0.5, 0.6) is 0 Å². The van der Waals surface area contributed by atoms with E-state index >= 15 is 0 Å². The fraction of sp³-hybridized carbons (Fsp3) is 0.379. The van der Waals surface area contributed by atoms with Gasteiger partial charge in [0.2, 0.25) is 17.8 Å². The number of hydrogen-bond acceptors (Lipinski definition) is 7. The van der Waals surface area contributed by atoms with E-state index in [-0.39, 0.29) is 36.6 Å². The smallest absolute Gasteiger partial charge is 0.269 e. The Balaban J connectivity index is 1.32. The molecule has 0 atom stereocenters. The van der Waals surface area contributed by atoms with E-state index in [1.165, 1.54) is 4.68 Å². The Labute approximate surface area is 239 Å². The third-order valence-corrected chi connectivity index (χ3v) is 7.45. The number of hydrogen-bond donors (Lipinski definition) is 2. The summed E-state index contributed by atoms with van der Waals surface area (Å²) in [6.45, 7) is 2.13. The van der Waals surface area contributed by atoms with Crippen molar-refractivity contribution in [1.29, 1.82) is 0 Å². The molecule has 3 aromatic rings. The molecule has 1 saturated carbocycles. The van der Waals surface area contributed by atoms with Crippen molar-refractivity contribution in [3.63, 3.8) is 0 Å². The zero-order valence-corrected chi connectivity index (χ0v) is 23.6. The molecule has 2 aliphatic rings. The van der Waals surface area contributed by atoms with Gasteiger partial charge < -0.3 is 20.9 Å². The van der Waals surface area contributed by atoms with E-state index in [1.54, 1.807) is 34.3 Å². The van der Waals surface area contributed by atoms with Gasteiger partial charge in [-0.25, -0.2) is 9.97 Å². The van der Waals surface area contributed by atoms with Crippen molar-refractivity contribution in [2.45, 2.75) is 45.2 Å². The minimum absolute atomic E-state index is 0.00327. The van der Waals surface area contributed by atoms with Gasteiger partial charge in [0.05, 0.1) is 12.1 Å². The van der Waals surface area contributed by atoms with Crippen LogP contribution in [-0.4, -0.2) is 83.4 Å². The summed E-state index contributed by atoms with van der Waals surface area (Å²) in [6.07, 6.45) is 8.95. The van der Waals surface area contributed by atoms with Crippen molar-refractivity contribution in [2.75, 3.05) is 32.1 Å². The lowest BCUT2D eigenvalue weighted by molar-refractivity contribution is -0.137. The Morgan fingerprint density at radius 3 is 2.54 bits per heavy atom. The van der Waals surface area contributed by atoms with Crippen LogP contribution in [0, 0.1) is 0 Å². The quantitative estimate of drug-likeness (QED) is 0.367. The van der Waals surface area contributed by atoms with Crippen LogP contribution in [0.15, 0.2) is 53.3 Å². The Morgan fingerprint density at radius 2 is 1.88 bits per heavy atom. The van der Waals surface area contributed by atoms with E-state index in [1.807, 2.05) is 33.2 Å². The molecule has 210 valence electrons. The molecule has 0 spiro atoms. The molecule has 12 heteroatoms. The second kappa shape index (κ2) is 11.6. The number of aromatic nitrogens is 4. The summed E-state index contributed by atoms with van der Waals surface area (Å²) in [5.74, 6) is -0.629. The minimum atomic E-state index is -0.698. The first-order valence-electron chi connectivity index (χ1n) is 13.6. The largest absolute Gasteiger partial charge is 0.364 e. The summed E-state index contributed by atoms with van der Waals surface area (Å²) in [6, 6.07) is 5.45. The van der Waals surface area contributed by atoms with E-state index in [0.29, 0.717) is 23.4 Å². The molecule has 11 nitrogen and oxygen atoms in total. The van der Waals surface area contributed by atoms with Crippen LogP contribution in [0.25, 0.3) is 22.0 Å². The second-order valence-corrected chi connectivity index (χ2v) is 10.8. The van der Waals surface area contributed by atoms with Crippen molar-refractivity contribution in [3.05, 3.63) is 59.0 Å². The third kappa shape index (κ3) is 6.16. The number of allylic oxidation sites excluding steroid dienone is 2. The number of carbonyl (C=O) groups is 3. The van der Waals surface area contributed by atoms with Gasteiger partial charge in [0.25, 0.3) is 5.91 Å². The maximum Gasteiger partial charge on any atom is 0.269 e. The molecule has 2 radical (unpaired) electrons. The molecule has 0 unspecified atom stereocenters. The molecule has 3 N–H and O–H groups in total. The van der Waals surface area contributed by atoms with Crippen molar-refractivity contribution in [3.8, 4) is 11.1 Å². The van der Waals surface area contributed by atoms with Crippen LogP contribution in [0.3, 0.4) is 0 Å². The van der Waals surface area contributed by atoms with Gasteiger partial charge in [-0.2, -0.15) is 5.10 Å². The average Bonchev–Trinajstić information content (AvgIpc) is 3.73. The molecule has 1 fully saturated rings. The molecule has 5 rings (SSSR count). The first kappa shape index (κ1) is 28.1. The van der Waals surface area contributed by atoms with E-state index in [2.05, 4.69) is 20.4 Å². The molecule has 0 bridgehead atoms. The number of nitrogens with two attached hydrogens (primary N) is 1. The number of benzene rings is 1. The van der Waals surface area contributed by atoms with Gasteiger partial charge in [-0.1, -0.05) is 23.2 Å². The van der Waals surface area contributed by atoms with E-state index in [0.717, 1.165) is 53.4 Å². The van der Waals surface area contributed by atoms with Gasteiger partial charge in [-0.3, -0.25) is 19.1 Å². The standard InChI is InChI=1S/C29H33BN8O3/c1-17-5-4-6-19(26(17)30)12-32-24(39)15-37(21-8-9-21)25(40)16-38-23-10-7-18(11-22(23)27(35-38)28(31)41)20-13-33-29(34-14-20)36(2)3/h6-7,10-11,13-14,21H,4-5,8-9,12,15-16H2,1-3H3,(H2,31,41)(H,32,39). The maximum atomic E-state index is 13.4. The Hall–Kier alpha value is -4.48. The highest BCUT2D eigenvalue weighted by Gasteiger charge is 2.34. The number of amides is 3. The molecule has 1 aromatic carbocycles. The van der Waals surface area contributed by atoms with Gasteiger partial charge in [0.1, 0.15) is 14.4 Å². The van der Waals surface area contributed by atoms with Gasteiger partial charge >= 0.3 is 0 Å². The highest BCUT2D eigenvalue weighted by atomic mass is 16.2. The number of rotatable bonds is 10. The van der Waals surface area contributed by atoms with Crippen LogP contribution in [-0.2, 0) is 16.1 Å². The lowest BCUT2D eigenvalue weighted by atomic mass is 9.79. The second-order valence-electron chi connectivity index (χ2n) is 10.8. The Bertz CT molecular complexity index is 1570. The van der Waals surface area contributed by atoms with Crippen LogP contribution >= 0.6 is 0 Å². The van der Waals surface area contributed by atoms with Crippen molar-refractivity contribution < 1.29 is 14.4 Å². The first-order chi connectivity index (χ1) is 19.6. The van der Waals surface area contributed by atoms with Crippen molar-refractivity contribution in [2.24, 2.45) is 5.73 Å². The summed E-state index contributed by atoms with van der Waals surface area (Å²) < 4.78 is 1.47. The zero-order valence-electron chi connectivity index (χ0n) is 23.6. The highest BCUT2D eigenvalue weighted by Crippen LogP contribution is 2.29. The van der Waals surface area contributed by atoms with Crippen LogP contribution in [0.1, 0.15) is 43.1 Å². The average molecular weight is 552 g/mol. The summed E-state index contributed by atoms with van der Waals surface area (Å²) in [7, 11) is 9.89. The lowest BCUT2D eigenvalue weighted by Crippen LogP contribution is -2.44. The van der Waals surface area contributed by atoms with E-state index in [4.69, 9.17) is 13.6 Å². The number of fused-ring (bicyclic) bond motifs is 1. The monoisotopic (exact) mass is 552 g/mol. The summed E-state index contributed by atoms with van der Waals surface area (Å²) in [5.41, 5.74) is 10.6. The molecular weight excluding hydrogens is 519 g/mol. The van der Waals surface area contributed by atoms with Crippen molar-refractivity contribution in [1.82, 2.24) is 30.0 Å². The predicted octanol–water partition coefficient (Wildman–Crippen LogP) is 1.93. The number of anilines is 1. The molecule has 2 aliphatic carbocycles. The molecule has 2 aromatic heterocycles. The number of carbonyl (C=O) groups excluding carboxylic acids is 3. The number of primary amides is 1. The van der Waals surface area contributed by atoms with E-state index in [9.17, 15) is 14.4 Å². The topological polar surface area (TPSA) is 139 Å². The van der Waals surface area contributed by atoms with Gasteiger partial charge in [-0.05, 0) is 55.9 Å². The predicted molar refractivity (Wildman–Crippen MR) is 157 cm³/mol. The first-order valence-corrected chi connectivity index (χ1v) is 13.6. The van der Waals surface area contributed by atoms with E-state index < -0.39 is 5.91 Å². The number of nitrogens with zero attached hydrogens (tertiary/aromatic N) is 6. The maximum absolute atomic E-state index is 13.4. The number of nitrogens with one attached hydrogen (secondary N) is 1. The van der Waals surface area contributed by atoms with Crippen LogP contribution < -0.4 is 16.0 Å². The van der Waals surface area contributed by atoms with Crippen LogP contribution in [0.2, 0.25) is 0 Å². The Morgan fingerprint density at radius 1 is 1.15 bits per heavy atom. The fourth-order valence-corrected chi connectivity index (χ4v) is 4.94. The summed E-state index contributed by atoms with van der Waals surface area (Å²) in [5, 5.41) is 7.81. The SMILES string of the molecule is [B]C1=C(C)CCC=C1CNC(=O)CN(C(=O)Cn1nc(C(N)=O)c2cc(-c3cnc(N(C)C)nc3)ccc21)C1CC1. The van der Waals surface area contributed by atoms with Gasteiger partial charge in [0, 0.05) is 50.0 Å². The molecule has 3 amide bonds. The fourth-order valence-electron chi connectivity index (χ4n) is 4.94. The van der Waals surface area contributed by atoms with Gasteiger partial charge in [-0.15, -0.1) is 0 Å². The summed E-state index contributed by atoms with van der Waals surface area (Å²) in [4.78, 5) is 50.6. The minimum Gasteiger partial charge on any atom is -0.364 e. The third-order valence-electron chi connectivity index (χ3n) is 7.45. The zero-order chi connectivity index (χ0) is 29.3. The molecule has 0 aliphatic heterocycles. The normalized spacial score (nSPS) is 15.0. The molecular formula is C29H33BN8O3. The van der Waals surface area contributed by atoms with Crippen molar-refractivity contribution >= 4 is 42.4 Å².